The number of fused-ring (bicyclic) bond motifs is 2. The largest absolute Gasteiger partial charge is 0.457 e. The second kappa shape index (κ2) is 2.93. The first-order chi connectivity index (χ1) is 4.90. The number of ether oxygens (including phenoxy) is 1. The Bertz CT molecular complexity index is 254. The van der Waals surface area contributed by atoms with Gasteiger partial charge in [0.2, 0.25) is 0 Å². The molecule has 0 saturated carbocycles. The van der Waals surface area contributed by atoms with Crippen LogP contribution in [0.2, 0.25) is 0 Å². The summed E-state index contributed by atoms with van der Waals surface area (Å²) in [6.07, 6.45) is 2.32. The van der Waals surface area contributed by atoms with Crippen LogP contribution in [0.15, 0.2) is 18.2 Å². The number of benzene rings is 1. The maximum atomic E-state index is 5.29. The fraction of sp³-hybridized carbons (Fsp3) is 0.333. The van der Waals surface area contributed by atoms with Crippen molar-refractivity contribution in [3.63, 3.8) is 0 Å². The Morgan fingerprint density at radius 1 is 1.36 bits per heavy atom. The summed E-state index contributed by atoms with van der Waals surface area (Å²) in [4.78, 5) is 0. The highest BCUT2D eigenvalue weighted by Gasteiger charge is 2.13. The molecule has 0 atom stereocenters. The van der Waals surface area contributed by atoms with E-state index in [1.807, 2.05) is 6.07 Å². The molecule has 3 N–H and O–H groups in total. The van der Waals surface area contributed by atoms with Crippen molar-refractivity contribution in [2.45, 2.75) is 19.8 Å². The van der Waals surface area contributed by atoms with E-state index in [1.54, 1.807) is 0 Å². The predicted octanol–water partition coefficient (Wildman–Crippen LogP) is 2.91. The summed E-state index contributed by atoms with van der Waals surface area (Å²) >= 11 is 0. The lowest BCUT2D eigenvalue weighted by Gasteiger charge is -2.19. The molecule has 2 aliphatic rings. The molecule has 0 unspecified atom stereocenters. The van der Waals surface area contributed by atoms with Crippen LogP contribution >= 0.6 is 0 Å². The Morgan fingerprint density at radius 2 is 2.09 bits per heavy atom. The standard InChI is InChI=1S/C9H10O.H3N/c1-2-3-7-4-5-8-6-9(7)10-8;/h4-6H,2-3H2,1H3;1H3. The lowest BCUT2D eigenvalue weighted by molar-refractivity contribution is 0.431. The van der Waals surface area contributed by atoms with E-state index < -0.39 is 0 Å². The van der Waals surface area contributed by atoms with Gasteiger partial charge < -0.3 is 10.9 Å². The second-order valence-electron chi connectivity index (χ2n) is 2.62. The minimum atomic E-state index is 0. The average molecular weight is 151 g/mol. The molecular formula is C9H13NO. The molecule has 0 fully saturated rings. The van der Waals surface area contributed by atoms with Gasteiger partial charge in [-0.1, -0.05) is 19.4 Å². The van der Waals surface area contributed by atoms with Gasteiger partial charge in [0.25, 0.3) is 0 Å². The Labute approximate surface area is 66.8 Å². The van der Waals surface area contributed by atoms with Gasteiger partial charge in [-0.05, 0) is 18.1 Å². The van der Waals surface area contributed by atoms with E-state index in [2.05, 4.69) is 19.1 Å². The topological polar surface area (TPSA) is 44.2 Å². The monoisotopic (exact) mass is 151 g/mol. The van der Waals surface area contributed by atoms with Crippen LogP contribution in [-0.4, -0.2) is 0 Å². The molecule has 0 radical (unpaired) electrons. The van der Waals surface area contributed by atoms with Crippen molar-refractivity contribution in [3.05, 3.63) is 23.8 Å². The van der Waals surface area contributed by atoms with Crippen LogP contribution in [0.5, 0.6) is 11.5 Å². The van der Waals surface area contributed by atoms with Crippen molar-refractivity contribution in [2.75, 3.05) is 0 Å². The summed E-state index contributed by atoms with van der Waals surface area (Å²) in [6, 6.07) is 6.26. The third-order valence-electron chi connectivity index (χ3n) is 1.79. The van der Waals surface area contributed by atoms with Gasteiger partial charge in [0.15, 0.2) is 0 Å². The minimum Gasteiger partial charge on any atom is -0.457 e. The van der Waals surface area contributed by atoms with Crippen molar-refractivity contribution in [1.29, 1.82) is 0 Å². The first kappa shape index (κ1) is 8.08. The van der Waals surface area contributed by atoms with Gasteiger partial charge in [0, 0.05) is 6.07 Å². The molecule has 60 valence electrons. The summed E-state index contributed by atoms with van der Waals surface area (Å²) in [5.41, 5.74) is 1.34. The molecule has 0 spiro atoms. The predicted molar refractivity (Wildman–Crippen MR) is 45.5 cm³/mol. The first-order valence-corrected chi connectivity index (χ1v) is 3.71. The molecule has 2 heteroatoms. The number of hydrogen-bond donors (Lipinski definition) is 1. The smallest absolute Gasteiger partial charge is 0.134 e. The lowest BCUT2D eigenvalue weighted by atomic mass is 10.1. The third-order valence-corrected chi connectivity index (χ3v) is 1.79. The van der Waals surface area contributed by atoms with Gasteiger partial charge in [-0.15, -0.1) is 0 Å². The Balaban J connectivity index is 0.000000605. The zero-order valence-electron chi connectivity index (χ0n) is 6.76. The van der Waals surface area contributed by atoms with Crippen molar-refractivity contribution in [1.82, 2.24) is 6.15 Å². The van der Waals surface area contributed by atoms with E-state index in [0.29, 0.717) is 0 Å². The molecule has 0 amide bonds. The van der Waals surface area contributed by atoms with Crippen molar-refractivity contribution in [3.8, 4) is 11.5 Å². The summed E-state index contributed by atoms with van der Waals surface area (Å²) in [7, 11) is 0. The van der Waals surface area contributed by atoms with Crippen LogP contribution in [0.1, 0.15) is 18.9 Å². The van der Waals surface area contributed by atoms with E-state index in [-0.39, 0.29) is 6.15 Å². The fourth-order valence-electron chi connectivity index (χ4n) is 1.24. The highest BCUT2D eigenvalue weighted by Crippen LogP contribution is 2.38. The summed E-state index contributed by atoms with van der Waals surface area (Å²) < 4.78 is 5.29. The molecule has 0 aliphatic carbocycles. The molecule has 1 aromatic carbocycles. The molecule has 1 aromatic rings. The second-order valence-corrected chi connectivity index (χ2v) is 2.62. The van der Waals surface area contributed by atoms with Gasteiger partial charge in [-0.2, -0.15) is 0 Å². The van der Waals surface area contributed by atoms with Gasteiger partial charge in [-0.3, -0.25) is 0 Å². The van der Waals surface area contributed by atoms with Gasteiger partial charge in [0.05, 0.1) is 0 Å². The number of aryl methyl sites for hydroxylation is 1. The van der Waals surface area contributed by atoms with Gasteiger partial charge in [0.1, 0.15) is 11.5 Å². The van der Waals surface area contributed by atoms with Crippen molar-refractivity contribution >= 4 is 0 Å². The van der Waals surface area contributed by atoms with Crippen LogP contribution in [0.25, 0.3) is 0 Å². The lowest BCUT2D eigenvalue weighted by Crippen LogP contribution is -1.99. The van der Waals surface area contributed by atoms with Crippen molar-refractivity contribution in [2.24, 2.45) is 0 Å². The van der Waals surface area contributed by atoms with E-state index in [1.165, 1.54) is 12.0 Å². The van der Waals surface area contributed by atoms with Crippen LogP contribution < -0.4 is 10.9 Å². The zero-order valence-corrected chi connectivity index (χ0v) is 6.76. The summed E-state index contributed by atoms with van der Waals surface area (Å²) in [5.74, 6) is 2.09. The Hall–Kier alpha value is -1.02. The molecule has 0 aromatic heterocycles. The quantitative estimate of drug-likeness (QED) is 0.717. The summed E-state index contributed by atoms with van der Waals surface area (Å²) in [6.45, 7) is 2.18. The van der Waals surface area contributed by atoms with Gasteiger partial charge >= 0.3 is 0 Å². The molecule has 2 aliphatic heterocycles. The normalized spacial score (nSPS) is 11.0. The van der Waals surface area contributed by atoms with E-state index in [9.17, 15) is 0 Å². The Kier molecular flexibility index (Phi) is 2.15. The van der Waals surface area contributed by atoms with Crippen molar-refractivity contribution < 1.29 is 4.74 Å². The highest BCUT2D eigenvalue weighted by atomic mass is 16.5. The molecule has 11 heavy (non-hydrogen) atoms. The zero-order chi connectivity index (χ0) is 6.97. The minimum absolute atomic E-state index is 0. The van der Waals surface area contributed by atoms with Crippen LogP contribution in [-0.2, 0) is 6.42 Å². The number of rotatable bonds is 2. The Morgan fingerprint density at radius 3 is 2.55 bits per heavy atom. The molecule has 2 heterocycles. The molecule has 3 rings (SSSR count). The molecule has 0 saturated heterocycles. The average Bonchev–Trinajstić information content (AvgIpc) is 1.87. The van der Waals surface area contributed by atoms with E-state index in [0.717, 1.165) is 17.9 Å². The van der Waals surface area contributed by atoms with Crippen LogP contribution in [0.4, 0.5) is 0 Å². The van der Waals surface area contributed by atoms with E-state index >= 15 is 0 Å². The number of hydrogen-bond acceptors (Lipinski definition) is 2. The van der Waals surface area contributed by atoms with E-state index in [4.69, 9.17) is 4.74 Å². The molecular weight excluding hydrogens is 138 g/mol. The summed E-state index contributed by atoms with van der Waals surface area (Å²) in [5, 5.41) is 0. The molecule has 2 nitrogen and oxygen atoms in total. The highest BCUT2D eigenvalue weighted by molar-refractivity contribution is 5.50. The van der Waals surface area contributed by atoms with Crippen LogP contribution in [0, 0.1) is 0 Å². The maximum Gasteiger partial charge on any atom is 0.134 e. The fourth-order valence-corrected chi connectivity index (χ4v) is 1.24. The third kappa shape index (κ3) is 1.21. The molecule has 2 bridgehead atoms. The maximum absolute atomic E-state index is 5.29. The van der Waals surface area contributed by atoms with Gasteiger partial charge in [-0.25, -0.2) is 0 Å². The SMILES string of the molecule is CCCc1ccc2cc1O2.N. The first-order valence-electron chi connectivity index (χ1n) is 3.71. The van der Waals surface area contributed by atoms with Crippen LogP contribution in [0.3, 0.4) is 0 Å².